The molecule has 1 aromatic rings. The molecule has 0 spiro atoms. The minimum Gasteiger partial charge on any atom is -0.492 e. The van der Waals surface area contributed by atoms with E-state index in [2.05, 4.69) is 11.2 Å². The van der Waals surface area contributed by atoms with Crippen molar-refractivity contribution >= 4 is 11.8 Å². The fourth-order valence-corrected chi connectivity index (χ4v) is 1.79. The van der Waals surface area contributed by atoms with Crippen molar-refractivity contribution in [2.24, 2.45) is 5.73 Å². The number of nitrogens with zero attached hydrogens (tertiary/aromatic N) is 1. The molecule has 0 aromatic carbocycles. The smallest absolute Gasteiger partial charge is 0.137 e. The first-order valence-corrected chi connectivity index (χ1v) is 6.49. The summed E-state index contributed by atoms with van der Waals surface area (Å²) in [7, 11) is 0. The van der Waals surface area contributed by atoms with Crippen LogP contribution in [0.4, 0.5) is 0 Å². The third-order valence-electron chi connectivity index (χ3n) is 2.11. The van der Waals surface area contributed by atoms with Crippen LogP contribution >= 0.6 is 11.8 Å². The van der Waals surface area contributed by atoms with E-state index in [0.717, 1.165) is 23.5 Å². The van der Waals surface area contributed by atoms with Gasteiger partial charge in [-0.2, -0.15) is 11.8 Å². The van der Waals surface area contributed by atoms with Crippen molar-refractivity contribution in [3.8, 4) is 5.75 Å². The van der Waals surface area contributed by atoms with E-state index in [4.69, 9.17) is 10.5 Å². The summed E-state index contributed by atoms with van der Waals surface area (Å²) >= 11 is 1.81. The zero-order valence-electron chi connectivity index (χ0n) is 9.27. The Morgan fingerprint density at radius 2 is 2.33 bits per heavy atom. The van der Waals surface area contributed by atoms with Crippen LogP contribution in [0.5, 0.6) is 5.75 Å². The lowest BCUT2D eigenvalue weighted by molar-refractivity contribution is 0.338. The molecule has 0 aliphatic carbocycles. The number of nitrogens with two attached hydrogens (primary N) is 1. The van der Waals surface area contributed by atoms with E-state index in [1.807, 2.05) is 30.9 Å². The molecule has 15 heavy (non-hydrogen) atoms. The topological polar surface area (TPSA) is 48.1 Å². The Morgan fingerprint density at radius 1 is 1.53 bits per heavy atom. The summed E-state index contributed by atoms with van der Waals surface area (Å²) in [6, 6.07) is 2.03. The van der Waals surface area contributed by atoms with Gasteiger partial charge >= 0.3 is 0 Å². The highest BCUT2D eigenvalue weighted by Gasteiger charge is 2.06. The summed E-state index contributed by atoms with van der Waals surface area (Å²) in [5.41, 5.74) is 7.09. The number of aromatic nitrogens is 1. The lowest BCUT2D eigenvalue weighted by atomic mass is 10.1. The third kappa shape index (κ3) is 4.10. The maximum atomic E-state index is 6.04. The standard InChI is InChI=1S/C11H18N2OS/c1-3-14-10-6-9(7-13-8-10)11(12)4-5-15-2/h6-8,11H,3-5,12H2,1-2H3. The first kappa shape index (κ1) is 12.3. The molecule has 2 N–H and O–H groups in total. The summed E-state index contributed by atoms with van der Waals surface area (Å²) in [6.45, 7) is 2.62. The van der Waals surface area contributed by atoms with Crippen LogP contribution < -0.4 is 10.5 Å². The van der Waals surface area contributed by atoms with Crippen LogP contribution in [0.25, 0.3) is 0 Å². The quantitative estimate of drug-likeness (QED) is 0.808. The molecule has 1 atom stereocenters. The molecule has 1 heterocycles. The van der Waals surface area contributed by atoms with Gasteiger partial charge in [0.05, 0.1) is 12.8 Å². The second-order valence-electron chi connectivity index (χ2n) is 3.27. The van der Waals surface area contributed by atoms with Crippen molar-refractivity contribution in [1.29, 1.82) is 0 Å². The van der Waals surface area contributed by atoms with Gasteiger partial charge < -0.3 is 10.5 Å². The van der Waals surface area contributed by atoms with E-state index in [1.54, 1.807) is 6.20 Å². The van der Waals surface area contributed by atoms with Crippen molar-refractivity contribution in [2.45, 2.75) is 19.4 Å². The average Bonchev–Trinajstić information content (AvgIpc) is 2.27. The summed E-state index contributed by atoms with van der Waals surface area (Å²) in [5, 5.41) is 0. The van der Waals surface area contributed by atoms with Crippen LogP contribution in [0, 0.1) is 0 Å². The van der Waals surface area contributed by atoms with E-state index >= 15 is 0 Å². The molecule has 0 bridgehead atoms. The minimum absolute atomic E-state index is 0.0605. The van der Waals surface area contributed by atoms with E-state index < -0.39 is 0 Å². The predicted molar refractivity (Wildman–Crippen MR) is 65.3 cm³/mol. The largest absolute Gasteiger partial charge is 0.492 e. The van der Waals surface area contributed by atoms with Crippen LogP contribution in [0.1, 0.15) is 24.9 Å². The zero-order valence-corrected chi connectivity index (χ0v) is 10.1. The van der Waals surface area contributed by atoms with Crippen LogP contribution in [0.2, 0.25) is 0 Å². The molecule has 1 unspecified atom stereocenters. The molecule has 0 aliphatic rings. The molecule has 0 saturated carbocycles. The summed E-state index contributed by atoms with van der Waals surface area (Å²) in [5.74, 6) is 1.87. The van der Waals surface area contributed by atoms with Gasteiger partial charge in [0, 0.05) is 12.2 Å². The maximum absolute atomic E-state index is 6.04. The number of rotatable bonds is 6. The molecular weight excluding hydrogens is 208 g/mol. The molecular formula is C11H18N2OS. The Labute approximate surface area is 95.4 Å². The molecule has 4 heteroatoms. The molecule has 0 radical (unpaired) electrons. The van der Waals surface area contributed by atoms with Gasteiger partial charge in [0.25, 0.3) is 0 Å². The van der Waals surface area contributed by atoms with Crippen LogP contribution in [-0.2, 0) is 0 Å². The summed E-state index contributed by atoms with van der Waals surface area (Å²) in [6.07, 6.45) is 6.59. The van der Waals surface area contributed by atoms with Gasteiger partial charge in [0.2, 0.25) is 0 Å². The van der Waals surface area contributed by atoms with Crippen LogP contribution in [0.15, 0.2) is 18.5 Å². The Morgan fingerprint density at radius 3 is 3.00 bits per heavy atom. The van der Waals surface area contributed by atoms with Crippen molar-refractivity contribution < 1.29 is 4.74 Å². The van der Waals surface area contributed by atoms with Crippen LogP contribution in [-0.4, -0.2) is 23.6 Å². The lowest BCUT2D eigenvalue weighted by Crippen LogP contribution is -2.11. The Hall–Kier alpha value is -0.740. The van der Waals surface area contributed by atoms with Crippen molar-refractivity contribution in [1.82, 2.24) is 4.98 Å². The maximum Gasteiger partial charge on any atom is 0.137 e. The Balaban J connectivity index is 2.62. The average molecular weight is 226 g/mol. The molecule has 0 saturated heterocycles. The number of pyridine rings is 1. The van der Waals surface area contributed by atoms with Gasteiger partial charge in [-0.05, 0) is 37.0 Å². The van der Waals surface area contributed by atoms with E-state index in [1.165, 1.54) is 0 Å². The van der Waals surface area contributed by atoms with Gasteiger partial charge in [-0.25, -0.2) is 0 Å². The molecule has 1 aromatic heterocycles. The third-order valence-corrected chi connectivity index (χ3v) is 2.75. The van der Waals surface area contributed by atoms with Gasteiger partial charge in [-0.1, -0.05) is 0 Å². The van der Waals surface area contributed by atoms with Crippen molar-refractivity contribution in [3.63, 3.8) is 0 Å². The van der Waals surface area contributed by atoms with E-state index in [-0.39, 0.29) is 6.04 Å². The number of hydrogen-bond acceptors (Lipinski definition) is 4. The number of thioether (sulfide) groups is 1. The molecule has 0 fully saturated rings. The Kier molecular flexibility index (Phi) is 5.50. The van der Waals surface area contributed by atoms with Crippen LogP contribution in [0.3, 0.4) is 0 Å². The monoisotopic (exact) mass is 226 g/mol. The predicted octanol–water partition coefficient (Wildman–Crippen LogP) is 2.23. The molecule has 1 rings (SSSR count). The van der Waals surface area contributed by atoms with Crippen molar-refractivity contribution in [3.05, 3.63) is 24.0 Å². The highest BCUT2D eigenvalue weighted by molar-refractivity contribution is 7.98. The van der Waals surface area contributed by atoms with Gasteiger partial charge in [-0.3, -0.25) is 4.98 Å². The Bertz CT molecular complexity index is 294. The molecule has 0 aliphatic heterocycles. The second-order valence-corrected chi connectivity index (χ2v) is 4.26. The molecule has 0 amide bonds. The summed E-state index contributed by atoms with van der Waals surface area (Å²) in [4.78, 5) is 4.12. The number of hydrogen-bond donors (Lipinski definition) is 1. The highest BCUT2D eigenvalue weighted by atomic mass is 32.2. The highest BCUT2D eigenvalue weighted by Crippen LogP contribution is 2.19. The first-order valence-electron chi connectivity index (χ1n) is 5.10. The van der Waals surface area contributed by atoms with Gasteiger partial charge in [0.15, 0.2) is 0 Å². The van der Waals surface area contributed by atoms with E-state index in [9.17, 15) is 0 Å². The molecule has 84 valence electrons. The lowest BCUT2D eigenvalue weighted by Gasteiger charge is -2.12. The van der Waals surface area contributed by atoms with Crippen molar-refractivity contribution in [2.75, 3.05) is 18.6 Å². The number of ether oxygens (including phenoxy) is 1. The second kappa shape index (κ2) is 6.69. The fraction of sp³-hybridized carbons (Fsp3) is 0.545. The van der Waals surface area contributed by atoms with Gasteiger partial charge in [-0.15, -0.1) is 0 Å². The van der Waals surface area contributed by atoms with E-state index in [0.29, 0.717) is 6.61 Å². The zero-order chi connectivity index (χ0) is 11.1. The van der Waals surface area contributed by atoms with Gasteiger partial charge in [0.1, 0.15) is 5.75 Å². The normalized spacial score (nSPS) is 12.5. The summed E-state index contributed by atoms with van der Waals surface area (Å²) < 4.78 is 5.38. The first-order chi connectivity index (χ1) is 7.27. The fourth-order valence-electron chi connectivity index (χ4n) is 1.30. The minimum atomic E-state index is 0.0605. The molecule has 3 nitrogen and oxygen atoms in total. The SMILES string of the molecule is CCOc1cncc(C(N)CCSC)c1.